The molecule has 5 rings (SSSR count). The van der Waals surface area contributed by atoms with Crippen LogP contribution in [-0.4, -0.2) is 28.0 Å². The smallest absolute Gasteiger partial charge is 0.344 e. The van der Waals surface area contributed by atoms with Gasteiger partial charge >= 0.3 is 24.2 Å². The molecule has 0 saturated carbocycles. The van der Waals surface area contributed by atoms with Gasteiger partial charge in [0.05, 0.1) is 6.61 Å². The summed E-state index contributed by atoms with van der Waals surface area (Å²) in [6.07, 6.45) is 0.0609. The van der Waals surface area contributed by atoms with Crippen molar-refractivity contribution in [2.75, 3.05) is 24.6 Å². The van der Waals surface area contributed by atoms with Crippen LogP contribution in [0.5, 0.6) is 17.2 Å². The molecule has 0 atom stereocenters. The van der Waals surface area contributed by atoms with Gasteiger partial charge in [0.25, 0.3) is 8.32 Å². The van der Waals surface area contributed by atoms with Crippen LogP contribution < -0.4 is 29.5 Å². The molecule has 1 aliphatic rings. The fourth-order valence-corrected chi connectivity index (χ4v) is 8.46. The number of allylic oxidation sites excluding steroid dienone is 4. The minimum atomic E-state index is -3.14. The monoisotopic (exact) mass is 771 g/mol. The summed E-state index contributed by atoms with van der Waals surface area (Å²) in [7, 11) is -3.14. The predicted octanol–water partition coefficient (Wildman–Crippen LogP) is 9.54. The van der Waals surface area contributed by atoms with Gasteiger partial charge in [0, 0.05) is 29.9 Å². The second kappa shape index (κ2) is 18.0. The van der Waals surface area contributed by atoms with E-state index in [1.54, 1.807) is 60.7 Å². The van der Waals surface area contributed by atoms with Gasteiger partial charge in [-0.25, -0.2) is 0 Å². The summed E-state index contributed by atoms with van der Waals surface area (Å²) < 4.78 is 98.9. The number of benzene rings is 4. The third-order valence-electron chi connectivity index (χ3n) is 8.54. The van der Waals surface area contributed by atoms with E-state index in [9.17, 15) is 36.9 Å². The molecule has 0 radical (unpaired) electrons. The van der Waals surface area contributed by atoms with E-state index in [1.807, 2.05) is 56.0 Å². The molecule has 4 aromatic rings. The second-order valence-corrected chi connectivity index (χ2v) is 15.4. The van der Waals surface area contributed by atoms with E-state index < -0.39 is 32.5 Å². The summed E-state index contributed by atoms with van der Waals surface area (Å²) in [5.41, 5.74) is 2.88. The number of hydrogen-bond acceptors (Lipinski definition) is 7. The van der Waals surface area contributed by atoms with Gasteiger partial charge < -0.3 is 23.5 Å². The van der Waals surface area contributed by atoms with Gasteiger partial charge in [-0.05, 0) is 84.0 Å². The molecule has 0 N–H and O–H groups in total. The van der Waals surface area contributed by atoms with Gasteiger partial charge in [-0.3, -0.25) is 0 Å². The second-order valence-electron chi connectivity index (χ2n) is 11.9. The Balaban J connectivity index is 1.32. The third-order valence-corrected chi connectivity index (χ3v) is 12.2. The Labute approximate surface area is 314 Å². The van der Waals surface area contributed by atoms with Crippen LogP contribution in [0, 0.1) is 22.7 Å². The quantitative estimate of drug-likeness (QED) is 0.0546. The van der Waals surface area contributed by atoms with Crippen LogP contribution in [0.2, 0.25) is 6.55 Å². The topological polar surface area (TPSA) is 87.7 Å². The van der Waals surface area contributed by atoms with E-state index in [-0.39, 0.29) is 23.7 Å². The molecule has 280 valence electrons. The zero-order valence-corrected chi connectivity index (χ0v) is 30.3. The van der Waals surface area contributed by atoms with Crippen molar-refractivity contribution in [2.24, 2.45) is 0 Å². The first-order chi connectivity index (χ1) is 26.4. The van der Waals surface area contributed by atoms with E-state index in [4.69, 9.17) is 9.16 Å². The number of nitrogens with zero attached hydrogens (tertiary/aromatic N) is 3. The molecule has 7 nitrogen and oxygen atoms in total. The lowest BCUT2D eigenvalue weighted by molar-refractivity contribution is 0.241. The fourth-order valence-electron chi connectivity index (χ4n) is 5.69. The first kappa shape index (κ1) is 39.7. The summed E-state index contributed by atoms with van der Waals surface area (Å²) in [5.74, 6) is 0.662. The molecule has 0 unspecified atom stereocenters. The number of fused-ring (bicyclic) bond motifs is 1. The van der Waals surface area contributed by atoms with Crippen molar-refractivity contribution in [3.63, 3.8) is 0 Å². The summed E-state index contributed by atoms with van der Waals surface area (Å²) in [6, 6.07) is 26.3. The zero-order valence-electron chi connectivity index (χ0n) is 29.3. The first-order valence-electron chi connectivity index (χ1n) is 16.6. The molecule has 1 aliphatic heterocycles. The molecular formula is C41H31F6N3O4Si. The van der Waals surface area contributed by atoms with Crippen molar-refractivity contribution < 1.29 is 45.0 Å². The van der Waals surface area contributed by atoms with Crippen LogP contribution in [0.25, 0.3) is 11.6 Å². The van der Waals surface area contributed by atoms with Crippen LogP contribution in [0.15, 0.2) is 145 Å². The Bertz CT molecular complexity index is 2170. The van der Waals surface area contributed by atoms with Gasteiger partial charge in [-0.1, -0.05) is 60.7 Å². The van der Waals surface area contributed by atoms with Crippen molar-refractivity contribution in [3.8, 4) is 29.4 Å². The summed E-state index contributed by atoms with van der Waals surface area (Å²) in [5, 5.41) is 20.3. The summed E-state index contributed by atoms with van der Waals surface area (Å²) >= 11 is 0. The minimum Gasteiger partial charge on any atom is -0.457 e. The number of nitriles is 2. The molecule has 0 spiro atoms. The average Bonchev–Trinajstić information content (AvgIpc) is 3.19. The van der Waals surface area contributed by atoms with E-state index in [1.165, 1.54) is 24.3 Å². The molecule has 14 heteroatoms. The van der Waals surface area contributed by atoms with Crippen LogP contribution in [0.3, 0.4) is 0 Å². The highest BCUT2D eigenvalue weighted by Crippen LogP contribution is 2.36. The van der Waals surface area contributed by atoms with E-state index in [0.717, 1.165) is 11.3 Å². The molecule has 0 fully saturated rings. The lowest BCUT2D eigenvalue weighted by atomic mass is 9.97. The summed E-state index contributed by atoms with van der Waals surface area (Å²) in [4.78, 5) is 2.09. The number of rotatable bonds is 14. The maximum absolute atomic E-state index is 13.4. The number of likely N-dealkylation sites (N-methyl/N-ethyl adjacent to an activating group) is 1. The lowest BCUT2D eigenvalue weighted by Gasteiger charge is -2.31. The highest BCUT2D eigenvalue weighted by atomic mass is 28.4. The molecule has 4 aromatic carbocycles. The standard InChI is InChI=1S/C41H31F6N3O4Si/c1-3-50(29-11-8-27(9-12-29)10-13-32-24-36(28(25-48)26-49)35-6-4-5-7-37(35)52-32)22-23-51-55(2,33-18-14-30(15-19-33)53-40(46)38(42)43)34-20-16-31(17-21-34)54-41(47)39(44)45/h4-21,24H,3,22-23H2,1-2H3/b13-10+. The number of para-hydroxylation sites is 1. The van der Waals surface area contributed by atoms with Gasteiger partial charge in [-0.2, -0.15) is 36.9 Å². The fraction of sp³-hybridized carbons (Fsp3) is 0.122. The molecular weight excluding hydrogens is 741 g/mol. The van der Waals surface area contributed by atoms with Crippen molar-refractivity contribution >= 4 is 36.0 Å². The normalized spacial score (nSPS) is 12.0. The Hall–Kier alpha value is -6.48. The summed E-state index contributed by atoms with van der Waals surface area (Å²) in [6.45, 7) is 5.14. The van der Waals surface area contributed by atoms with Gasteiger partial charge in [0.15, 0.2) is 0 Å². The van der Waals surface area contributed by atoms with E-state index in [2.05, 4.69) is 14.4 Å². The van der Waals surface area contributed by atoms with Crippen molar-refractivity contribution in [1.29, 1.82) is 10.5 Å². The van der Waals surface area contributed by atoms with Gasteiger partial charge in [0.1, 0.15) is 40.7 Å². The average molecular weight is 772 g/mol. The van der Waals surface area contributed by atoms with E-state index >= 15 is 0 Å². The van der Waals surface area contributed by atoms with Crippen LogP contribution >= 0.6 is 0 Å². The van der Waals surface area contributed by atoms with Crippen molar-refractivity contribution in [1.82, 2.24) is 0 Å². The van der Waals surface area contributed by atoms with E-state index in [0.29, 0.717) is 46.1 Å². The van der Waals surface area contributed by atoms with Crippen molar-refractivity contribution in [3.05, 3.63) is 156 Å². The number of hydrogen-bond donors (Lipinski definition) is 0. The SMILES string of the molecule is CCN(CCO[Si](C)(c1ccc(OC(F)=C(F)F)cc1)c1ccc(OC(F)=C(F)F)cc1)c1ccc(/C=C/C2=CC(=C(C#N)C#N)c3ccccc3O2)cc1. The van der Waals surface area contributed by atoms with Crippen LogP contribution in [0.4, 0.5) is 32.0 Å². The largest absolute Gasteiger partial charge is 0.457 e. The zero-order chi connectivity index (χ0) is 39.5. The number of anilines is 1. The number of halogens is 6. The first-order valence-corrected chi connectivity index (χ1v) is 19.0. The third kappa shape index (κ3) is 9.74. The molecule has 0 bridgehead atoms. The highest BCUT2D eigenvalue weighted by molar-refractivity contribution is 6.96. The Morgan fingerprint density at radius 3 is 1.80 bits per heavy atom. The number of ether oxygens (including phenoxy) is 3. The maximum atomic E-state index is 13.4. The Morgan fingerprint density at radius 2 is 1.29 bits per heavy atom. The van der Waals surface area contributed by atoms with Crippen LogP contribution in [-0.2, 0) is 4.43 Å². The Morgan fingerprint density at radius 1 is 0.745 bits per heavy atom. The van der Waals surface area contributed by atoms with Crippen LogP contribution in [0.1, 0.15) is 18.1 Å². The molecule has 0 amide bonds. The van der Waals surface area contributed by atoms with Gasteiger partial charge in [0.2, 0.25) is 0 Å². The minimum absolute atomic E-state index is 0.0210. The molecule has 0 saturated heterocycles. The molecule has 0 aromatic heterocycles. The molecule has 55 heavy (non-hydrogen) atoms. The van der Waals surface area contributed by atoms with Crippen molar-refractivity contribution in [2.45, 2.75) is 13.5 Å². The highest BCUT2D eigenvalue weighted by Gasteiger charge is 2.35. The lowest BCUT2D eigenvalue weighted by Crippen LogP contribution is -2.59. The molecule has 1 heterocycles. The van der Waals surface area contributed by atoms with Gasteiger partial charge in [-0.15, -0.1) is 0 Å². The molecule has 0 aliphatic carbocycles. The predicted molar refractivity (Wildman–Crippen MR) is 198 cm³/mol. The Kier molecular flexibility index (Phi) is 13.0. The maximum Gasteiger partial charge on any atom is 0.344 e.